The van der Waals surface area contributed by atoms with Crippen molar-refractivity contribution in [2.24, 2.45) is 0 Å². The average molecular weight is 367 g/mol. The van der Waals surface area contributed by atoms with Crippen LogP contribution in [-0.2, 0) is 9.53 Å². The minimum absolute atomic E-state index is 0.350. The first-order valence-corrected chi connectivity index (χ1v) is 8.94. The first kappa shape index (κ1) is 18.6. The predicted octanol–water partition coefficient (Wildman–Crippen LogP) is 3.60. The van der Waals surface area contributed by atoms with Crippen molar-refractivity contribution in [3.05, 3.63) is 59.7 Å². The lowest BCUT2D eigenvalue weighted by Crippen LogP contribution is -2.29. The summed E-state index contributed by atoms with van der Waals surface area (Å²) in [7, 11) is 0. The van der Waals surface area contributed by atoms with Crippen LogP contribution in [0.3, 0.4) is 0 Å². The molecule has 27 heavy (non-hydrogen) atoms. The van der Waals surface area contributed by atoms with Crippen LogP contribution in [0.5, 0.6) is 5.75 Å². The molecule has 0 saturated heterocycles. The van der Waals surface area contributed by atoms with Crippen molar-refractivity contribution in [2.75, 3.05) is 11.5 Å². The molecule has 0 fully saturated rings. The number of unbranched alkanes of at least 4 members (excludes halogenated alkanes) is 1. The third-order valence-corrected chi connectivity index (χ3v) is 4.28. The van der Waals surface area contributed by atoms with E-state index in [-0.39, 0.29) is 11.8 Å². The molecule has 2 amide bonds. The summed E-state index contributed by atoms with van der Waals surface area (Å²) in [5.41, 5.74) is 1.24. The molecule has 0 aromatic heterocycles. The van der Waals surface area contributed by atoms with Gasteiger partial charge in [-0.2, -0.15) is 0 Å². The lowest BCUT2D eigenvalue weighted by Gasteiger charge is -2.16. The maximum absolute atomic E-state index is 12.5. The van der Waals surface area contributed by atoms with Crippen LogP contribution in [0, 0.1) is 0 Å². The summed E-state index contributed by atoms with van der Waals surface area (Å²) in [6.45, 7) is 4.01. The molecule has 0 N–H and O–H groups in total. The highest BCUT2D eigenvalue weighted by Crippen LogP contribution is 2.29. The average Bonchev–Trinajstić information content (AvgIpc) is 2.93. The van der Waals surface area contributed by atoms with Crippen LogP contribution in [0.2, 0.25) is 0 Å². The van der Waals surface area contributed by atoms with Crippen molar-refractivity contribution >= 4 is 23.5 Å². The fraction of sp³-hybridized carbons (Fsp3) is 0.286. The number of carbonyl (C=O) groups excluding carboxylic acids is 3. The largest absolute Gasteiger partial charge is 0.479 e. The number of nitrogens with zero attached hydrogens (tertiary/aromatic N) is 1. The zero-order valence-electron chi connectivity index (χ0n) is 15.3. The molecule has 3 rings (SSSR count). The molecule has 0 saturated carbocycles. The van der Waals surface area contributed by atoms with E-state index in [4.69, 9.17) is 9.47 Å². The normalized spacial score (nSPS) is 14.1. The van der Waals surface area contributed by atoms with E-state index in [2.05, 4.69) is 0 Å². The Morgan fingerprint density at radius 3 is 2.15 bits per heavy atom. The number of amides is 2. The van der Waals surface area contributed by atoms with Crippen molar-refractivity contribution < 1.29 is 23.9 Å². The number of imide groups is 1. The second kappa shape index (κ2) is 8.03. The van der Waals surface area contributed by atoms with Gasteiger partial charge in [-0.15, -0.1) is 0 Å². The SMILES string of the molecule is CCCCOC(=O)[C@@H](C)Oc1ccc(N2C(=O)c3ccccc3C2=O)cc1. The minimum atomic E-state index is -0.744. The van der Waals surface area contributed by atoms with Crippen LogP contribution in [0.4, 0.5) is 5.69 Å². The molecule has 1 aliphatic rings. The molecule has 6 heteroatoms. The van der Waals surface area contributed by atoms with E-state index < -0.39 is 12.1 Å². The zero-order valence-corrected chi connectivity index (χ0v) is 15.3. The molecule has 0 unspecified atom stereocenters. The van der Waals surface area contributed by atoms with E-state index in [1.165, 1.54) is 0 Å². The second-order valence-electron chi connectivity index (χ2n) is 6.27. The van der Waals surface area contributed by atoms with Crippen LogP contribution in [0.1, 0.15) is 47.4 Å². The predicted molar refractivity (Wildman–Crippen MR) is 100.0 cm³/mol. The number of carbonyl (C=O) groups is 3. The highest BCUT2D eigenvalue weighted by Gasteiger charge is 2.36. The molecule has 140 valence electrons. The van der Waals surface area contributed by atoms with Gasteiger partial charge in [-0.05, 0) is 49.7 Å². The Morgan fingerprint density at radius 2 is 1.59 bits per heavy atom. The van der Waals surface area contributed by atoms with Gasteiger partial charge in [-0.1, -0.05) is 25.5 Å². The molecular formula is C21H21NO5. The molecule has 0 aliphatic carbocycles. The Balaban J connectivity index is 1.67. The Labute approximate surface area is 157 Å². The number of esters is 1. The van der Waals surface area contributed by atoms with Gasteiger partial charge >= 0.3 is 5.97 Å². The van der Waals surface area contributed by atoms with Crippen LogP contribution < -0.4 is 9.64 Å². The number of hydrogen-bond donors (Lipinski definition) is 0. The number of ether oxygens (including phenoxy) is 2. The van der Waals surface area contributed by atoms with E-state index in [0.29, 0.717) is 29.2 Å². The van der Waals surface area contributed by atoms with Crippen molar-refractivity contribution in [2.45, 2.75) is 32.8 Å². The molecule has 2 aromatic carbocycles. The monoisotopic (exact) mass is 367 g/mol. The zero-order chi connectivity index (χ0) is 19.4. The molecule has 0 bridgehead atoms. The number of benzene rings is 2. The van der Waals surface area contributed by atoms with Crippen LogP contribution in [0.25, 0.3) is 0 Å². The van der Waals surface area contributed by atoms with Gasteiger partial charge in [0.25, 0.3) is 11.8 Å². The molecule has 1 atom stereocenters. The lowest BCUT2D eigenvalue weighted by atomic mass is 10.1. The number of fused-ring (bicyclic) bond motifs is 1. The van der Waals surface area contributed by atoms with Crippen molar-refractivity contribution in [1.82, 2.24) is 0 Å². The highest BCUT2D eigenvalue weighted by atomic mass is 16.6. The Kier molecular flexibility index (Phi) is 5.54. The minimum Gasteiger partial charge on any atom is -0.479 e. The number of hydrogen-bond acceptors (Lipinski definition) is 5. The van der Waals surface area contributed by atoms with Crippen molar-refractivity contribution in [3.63, 3.8) is 0 Å². The van der Waals surface area contributed by atoms with Gasteiger partial charge < -0.3 is 9.47 Å². The topological polar surface area (TPSA) is 72.9 Å². The third kappa shape index (κ3) is 3.84. The first-order chi connectivity index (χ1) is 13.0. The van der Waals surface area contributed by atoms with Gasteiger partial charge in [0.2, 0.25) is 0 Å². The molecular weight excluding hydrogens is 346 g/mol. The first-order valence-electron chi connectivity index (χ1n) is 8.94. The number of rotatable bonds is 7. The Hall–Kier alpha value is -3.15. The lowest BCUT2D eigenvalue weighted by molar-refractivity contribution is -0.151. The maximum atomic E-state index is 12.5. The summed E-state index contributed by atoms with van der Waals surface area (Å²) >= 11 is 0. The quantitative estimate of drug-likeness (QED) is 0.425. The summed E-state index contributed by atoms with van der Waals surface area (Å²) in [5.74, 6) is -0.669. The van der Waals surface area contributed by atoms with E-state index in [1.807, 2.05) is 6.92 Å². The smallest absolute Gasteiger partial charge is 0.347 e. The molecule has 0 spiro atoms. The van der Waals surface area contributed by atoms with Gasteiger partial charge in [-0.25, -0.2) is 9.69 Å². The molecule has 6 nitrogen and oxygen atoms in total. The summed E-state index contributed by atoms with van der Waals surface area (Å²) < 4.78 is 10.7. The molecule has 0 radical (unpaired) electrons. The van der Waals surface area contributed by atoms with Gasteiger partial charge in [0.05, 0.1) is 23.4 Å². The summed E-state index contributed by atoms with van der Waals surface area (Å²) in [6, 6.07) is 13.2. The van der Waals surface area contributed by atoms with Gasteiger partial charge in [-0.3, -0.25) is 9.59 Å². The van der Waals surface area contributed by atoms with E-state index in [0.717, 1.165) is 17.7 Å². The van der Waals surface area contributed by atoms with Crippen LogP contribution in [-0.4, -0.2) is 30.5 Å². The second-order valence-corrected chi connectivity index (χ2v) is 6.27. The van der Waals surface area contributed by atoms with Gasteiger partial charge in [0.15, 0.2) is 6.10 Å². The molecule has 2 aromatic rings. The summed E-state index contributed by atoms with van der Waals surface area (Å²) in [4.78, 5) is 38.0. The third-order valence-electron chi connectivity index (χ3n) is 4.28. The van der Waals surface area contributed by atoms with Gasteiger partial charge in [0.1, 0.15) is 5.75 Å². The molecule has 1 heterocycles. The summed E-state index contributed by atoms with van der Waals surface area (Å²) in [6.07, 6.45) is 1.02. The summed E-state index contributed by atoms with van der Waals surface area (Å²) in [5, 5.41) is 0. The van der Waals surface area contributed by atoms with E-state index in [9.17, 15) is 14.4 Å². The van der Waals surface area contributed by atoms with Gasteiger partial charge in [0, 0.05) is 0 Å². The van der Waals surface area contributed by atoms with Crippen LogP contribution in [0.15, 0.2) is 48.5 Å². The van der Waals surface area contributed by atoms with E-state index in [1.54, 1.807) is 55.5 Å². The maximum Gasteiger partial charge on any atom is 0.347 e. The van der Waals surface area contributed by atoms with E-state index >= 15 is 0 Å². The fourth-order valence-electron chi connectivity index (χ4n) is 2.78. The van der Waals surface area contributed by atoms with Crippen LogP contribution >= 0.6 is 0 Å². The van der Waals surface area contributed by atoms with Crippen molar-refractivity contribution in [1.29, 1.82) is 0 Å². The highest BCUT2D eigenvalue weighted by molar-refractivity contribution is 6.34. The number of anilines is 1. The Morgan fingerprint density at radius 1 is 1.00 bits per heavy atom. The Bertz CT molecular complexity index is 824. The van der Waals surface area contributed by atoms with Crippen molar-refractivity contribution in [3.8, 4) is 5.75 Å². The fourth-order valence-corrected chi connectivity index (χ4v) is 2.78. The standard InChI is InChI=1S/C21H21NO5/c1-3-4-13-26-21(25)14(2)27-16-11-9-15(10-12-16)22-19(23)17-7-5-6-8-18(17)20(22)24/h5-12,14H,3-4,13H2,1-2H3/t14-/m1/s1. The molecule has 1 aliphatic heterocycles.